The summed E-state index contributed by atoms with van der Waals surface area (Å²) in [6.07, 6.45) is 2.17. The van der Waals surface area contributed by atoms with Crippen LogP contribution in [0.1, 0.15) is 58.9 Å². The maximum atomic E-state index is 12.6. The molecule has 5 nitrogen and oxygen atoms in total. The topological polar surface area (TPSA) is 64.4 Å². The van der Waals surface area contributed by atoms with Gasteiger partial charge in [-0.15, -0.1) is 0 Å². The number of ether oxygens (including phenoxy) is 1. The van der Waals surface area contributed by atoms with Crippen molar-refractivity contribution in [2.45, 2.75) is 70.9 Å². The minimum absolute atomic E-state index is 0.0688. The van der Waals surface area contributed by atoms with Crippen molar-refractivity contribution in [1.29, 1.82) is 0 Å². The average molecular weight is 308 g/mol. The quantitative estimate of drug-likeness (QED) is 0.906. The molecule has 0 aliphatic carbocycles. The summed E-state index contributed by atoms with van der Waals surface area (Å²) < 4.78 is 10.7. The summed E-state index contributed by atoms with van der Waals surface area (Å²) in [6, 6.07) is 2.23. The van der Waals surface area contributed by atoms with Crippen LogP contribution >= 0.6 is 0 Å². The third-order valence-electron chi connectivity index (χ3n) is 4.15. The number of hydrogen-bond acceptors (Lipinski definition) is 5. The predicted octanol–water partition coefficient (Wildman–Crippen LogP) is 2.63. The molecule has 0 atom stereocenters. The fraction of sp³-hybridized carbons (Fsp3) is 0.765. The van der Waals surface area contributed by atoms with Gasteiger partial charge in [-0.05, 0) is 26.7 Å². The molecular weight excluding hydrogens is 280 g/mol. The number of ketones is 1. The van der Waals surface area contributed by atoms with Crippen molar-refractivity contribution in [3.05, 3.63) is 17.5 Å². The Kier molecular flexibility index (Phi) is 5.07. The minimum atomic E-state index is -0.573. The highest BCUT2D eigenvalue weighted by Gasteiger charge is 2.31. The monoisotopic (exact) mass is 308 g/mol. The van der Waals surface area contributed by atoms with E-state index in [0.717, 1.165) is 31.7 Å². The molecule has 0 radical (unpaired) electrons. The van der Waals surface area contributed by atoms with Crippen molar-refractivity contribution in [2.75, 3.05) is 13.2 Å². The molecular formula is C17H28N2O3. The van der Waals surface area contributed by atoms with E-state index < -0.39 is 5.54 Å². The van der Waals surface area contributed by atoms with Crippen molar-refractivity contribution in [3.63, 3.8) is 0 Å². The Balaban J connectivity index is 1.96. The van der Waals surface area contributed by atoms with Crippen LogP contribution in [0.2, 0.25) is 0 Å². The zero-order valence-electron chi connectivity index (χ0n) is 14.4. The van der Waals surface area contributed by atoms with Crippen LogP contribution in [0.15, 0.2) is 10.6 Å². The molecule has 1 N–H and O–H groups in total. The van der Waals surface area contributed by atoms with E-state index in [1.165, 1.54) is 0 Å². The Morgan fingerprint density at radius 1 is 1.27 bits per heavy atom. The summed E-state index contributed by atoms with van der Waals surface area (Å²) in [4.78, 5) is 12.6. The van der Waals surface area contributed by atoms with Gasteiger partial charge < -0.3 is 14.6 Å². The molecule has 2 heterocycles. The third-order valence-corrected chi connectivity index (χ3v) is 4.15. The Hall–Kier alpha value is -1.20. The first-order chi connectivity index (χ1) is 10.2. The first-order valence-corrected chi connectivity index (χ1v) is 8.03. The summed E-state index contributed by atoms with van der Waals surface area (Å²) in [6.45, 7) is 11.6. The SMILES string of the molecule is CC(C)(NC1CCOCC1)C(=O)Cc1cc(C(C)(C)C)no1. The van der Waals surface area contributed by atoms with Gasteiger partial charge in [0.25, 0.3) is 0 Å². The number of Topliss-reactive ketones (excluding diaryl/α,β-unsaturated/α-hetero) is 1. The van der Waals surface area contributed by atoms with Gasteiger partial charge >= 0.3 is 0 Å². The Morgan fingerprint density at radius 2 is 1.91 bits per heavy atom. The van der Waals surface area contributed by atoms with E-state index in [0.29, 0.717) is 11.8 Å². The molecule has 124 valence electrons. The Morgan fingerprint density at radius 3 is 2.45 bits per heavy atom. The van der Waals surface area contributed by atoms with Crippen LogP contribution in [-0.4, -0.2) is 35.7 Å². The number of carbonyl (C=O) groups excluding carboxylic acids is 1. The number of nitrogens with zero attached hydrogens (tertiary/aromatic N) is 1. The molecule has 1 aromatic rings. The van der Waals surface area contributed by atoms with Gasteiger partial charge in [0.05, 0.1) is 17.7 Å². The lowest BCUT2D eigenvalue weighted by atomic mass is 9.90. The van der Waals surface area contributed by atoms with Gasteiger partial charge in [-0.25, -0.2) is 0 Å². The number of rotatable bonds is 5. The summed E-state index contributed by atoms with van der Waals surface area (Å²) in [5.74, 6) is 0.757. The maximum absolute atomic E-state index is 12.6. The maximum Gasteiger partial charge on any atom is 0.159 e. The smallest absolute Gasteiger partial charge is 0.159 e. The van der Waals surface area contributed by atoms with E-state index >= 15 is 0 Å². The van der Waals surface area contributed by atoms with Crippen molar-refractivity contribution in [3.8, 4) is 0 Å². The molecule has 1 aliphatic rings. The zero-order chi connectivity index (χ0) is 16.4. The average Bonchev–Trinajstić information content (AvgIpc) is 2.88. The molecule has 0 saturated carbocycles. The minimum Gasteiger partial charge on any atom is -0.381 e. The summed E-state index contributed by atoms with van der Waals surface area (Å²) in [5, 5.41) is 7.53. The fourth-order valence-corrected chi connectivity index (χ4v) is 2.56. The molecule has 5 heteroatoms. The summed E-state index contributed by atoms with van der Waals surface area (Å²) >= 11 is 0. The van der Waals surface area contributed by atoms with E-state index in [2.05, 4.69) is 31.2 Å². The molecule has 0 unspecified atom stereocenters. The number of nitrogens with one attached hydrogen (secondary N) is 1. The highest BCUT2D eigenvalue weighted by atomic mass is 16.5. The number of aromatic nitrogens is 1. The third kappa shape index (κ3) is 4.40. The van der Waals surface area contributed by atoms with Gasteiger partial charge in [0, 0.05) is 30.7 Å². The molecule has 1 aromatic heterocycles. The summed E-state index contributed by atoms with van der Waals surface area (Å²) in [5.41, 5.74) is 0.239. The van der Waals surface area contributed by atoms with Crippen LogP contribution in [0.5, 0.6) is 0 Å². The van der Waals surface area contributed by atoms with Crippen LogP contribution in [0.3, 0.4) is 0 Å². The molecule has 1 saturated heterocycles. The van der Waals surface area contributed by atoms with Gasteiger partial charge in [0.2, 0.25) is 0 Å². The van der Waals surface area contributed by atoms with E-state index in [9.17, 15) is 4.79 Å². The van der Waals surface area contributed by atoms with Gasteiger partial charge in [-0.3, -0.25) is 4.79 Å². The molecule has 1 fully saturated rings. The lowest BCUT2D eigenvalue weighted by molar-refractivity contribution is -0.124. The van der Waals surface area contributed by atoms with Crippen molar-refractivity contribution < 1.29 is 14.1 Å². The largest absolute Gasteiger partial charge is 0.381 e. The second-order valence-electron chi connectivity index (χ2n) is 7.68. The molecule has 1 aliphatic heterocycles. The van der Waals surface area contributed by atoms with Crippen molar-refractivity contribution >= 4 is 5.78 Å². The van der Waals surface area contributed by atoms with Crippen LogP contribution < -0.4 is 5.32 Å². The van der Waals surface area contributed by atoms with Crippen molar-refractivity contribution in [2.24, 2.45) is 0 Å². The van der Waals surface area contributed by atoms with Crippen LogP contribution in [0.25, 0.3) is 0 Å². The summed E-state index contributed by atoms with van der Waals surface area (Å²) in [7, 11) is 0. The molecule has 0 bridgehead atoms. The van der Waals surface area contributed by atoms with Gasteiger partial charge in [0.1, 0.15) is 5.76 Å². The Labute approximate surface area is 132 Å². The molecule has 0 amide bonds. The zero-order valence-corrected chi connectivity index (χ0v) is 14.4. The lowest BCUT2D eigenvalue weighted by Gasteiger charge is -2.32. The molecule has 22 heavy (non-hydrogen) atoms. The molecule has 2 rings (SSSR count). The molecule has 0 spiro atoms. The first-order valence-electron chi connectivity index (χ1n) is 8.03. The number of carbonyl (C=O) groups is 1. The van der Waals surface area contributed by atoms with Gasteiger partial charge in [0.15, 0.2) is 5.78 Å². The van der Waals surface area contributed by atoms with Crippen LogP contribution in [0, 0.1) is 0 Å². The van der Waals surface area contributed by atoms with Gasteiger partial charge in [-0.2, -0.15) is 0 Å². The van der Waals surface area contributed by atoms with Gasteiger partial charge in [-0.1, -0.05) is 25.9 Å². The normalized spacial score (nSPS) is 17.7. The van der Waals surface area contributed by atoms with E-state index in [1.807, 2.05) is 19.9 Å². The van der Waals surface area contributed by atoms with E-state index in [1.54, 1.807) is 0 Å². The lowest BCUT2D eigenvalue weighted by Crippen LogP contribution is -2.53. The standard InChI is InChI=1S/C17H28N2O3/c1-16(2,3)14-10-13(22-19-14)11-15(20)17(4,5)18-12-6-8-21-9-7-12/h10,12,18H,6-9,11H2,1-5H3. The van der Waals surface area contributed by atoms with Crippen molar-refractivity contribution in [1.82, 2.24) is 10.5 Å². The number of hydrogen-bond donors (Lipinski definition) is 1. The van der Waals surface area contributed by atoms with E-state index in [-0.39, 0.29) is 17.6 Å². The highest BCUT2D eigenvalue weighted by molar-refractivity contribution is 5.89. The fourth-order valence-electron chi connectivity index (χ4n) is 2.56. The first kappa shape index (κ1) is 17.2. The Bertz CT molecular complexity index is 508. The van der Waals surface area contributed by atoms with Crippen LogP contribution in [-0.2, 0) is 21.4 Å². The van der Waals surface area contributed by atoms with Crippen LogP contribution in [0.4, 0.5) is 0 Å². The highest BCUT2D eigenvalue weighted by Crippen LogP contribution is 2.22. The predicted molar refractivity (Wildman–Crippen MR) is 85.0 cm³/mol. The second kappa shape index (κ2) is 6.50. The molecule has 0 aromatic carbocycles. The second-order valence-corrected chi connectivity index (χ2v) is 7.68. The van der Waals surface area contributed by atoms with E-state index in [4.69, 9.17) is 9.26 Å².